The van der Waals surface area contributed by atoms with Crippen molar-refractivity contribution < 1.29 is 13.2 Å². The first-order valence-corrected chi connectivity index (χ1v) is 9.61. The van der Waals surface area contributed by atoms with Crippen LogP contribution >= 0.6 is 0 Å². The van der Waals surface area contributed by atoms with Gasteiger partial charge in [0.1, 0.15) is 0 Å². The van der Waals surface area contributed by atoms with E-state index in [1.807, 2.05) is 54.6 Å². The SMILES string of the molecule is O=C1Nc2ccccc2C1CCNS(=O)(=O)CCc1ccccc1. The number of carbonyl (C=O) groups excluding carboxylic acids is 1. The fourth-order valence-corrected chi connectivity index (χ4v) is 3.97. The molecule has 1 aliphatic heterocycles. The van der Waals surface area contributed by atoms with Gasteiger partial charge >= 0.3 is 0 Å². The lowest BCUT2D eigenvalue weighted by molar-refractivity contribution is -0.117. The highest BCUT2D eigenvalue weighted by molar-refractivity contribution is 7.89. The van der Waals surface area contributed by atoms with Gasteiger partial charge in [-0.3, -0.25) is 4.79 Å². The molecule has 3 rings (SSSR count). The average molecular weight is 344 g/mol. The van der Waals surface area contributed by atoms with E-state index in [-0.39, 0.29) is 24.1 Å². The molecule has 0 aromatic heterocycles. The van der Waals surface area contributed by atoms with Crippen LogP contribution in [-0.2, 0) is 21.2 Å². The van der Waals surface area contributed by atoms with E-state index in [1.54, 1.807) is 0 Å². The Morgan fingerprint density at radius 1 is 1.00 bits per heavy atom. The molecule has 24 heavy (non-hydrogen) atoms. The van der Waals surface area contributed by atoms with Gasteiger partial charge in [0.15, 0.2) is 0 Å². The number of aryl methyl sites for hydroxylation is 1. The summed E-state index contributed by atoms with van der Waals surface area (Å²) in [6.07, 6.45) is 0.927. The van der Waals surface area contributed by atoms with Crippen molar-refractivity contribution in [3.63, 3.8) is 0 Å². The lowest BCUT2D eigenvalue weighted by Crippen LogP contribution is -2.29. The van der Waals surface area contributed by atoms with E-state index in [0.717, 1.165) is 16.8 Å². The fraction of sp³-hybridized carbons (Fsp3) is 0.278. The van der Waals surface area contributed by atoms with Gasteiger partial charge in [-0.25, -0.2) is 13.1 Å². The zero-order chi connectivity index (χ0) is 17.0. The number of fused-ring (bicyclic) bond motifs is 1. The van der Waals surface area contributed by atoms with Crippen LogP contribution < -0.4 is 10.0 Å². The van der Waals surface area contributed by atoms with Crippen molar-refractivity contribution >= 4 is 21.6 Å². The molecule has 0 bridgehead atoms. The Balaban J connectivity index is 1.51. The standard InChI is InChI=1S/C18H20N2O3S/c21-18-16(15-8-4-5-9-17(15)20-18)10-12-19-24(22,23)13-11-14-6-2-1-3-7-14/h1-9,16,19H,10-13H2,(H,20,21). The third kappa shape index (κ3) is 4.01. The first kappa shape index (κ1) is 16.7. The molecule has 0 saturated carbocycles. The van der Waals surface area contributed by atoms with Gasteiger partial charge in [-0.05, 0) is 30.0 Å². The molecule has 5 nitrogen and oxygen atoms in total. The minimum atomic E-state index is -3.35. The second kappa shape index (κ2) is 7.15. The summed E-state index contributed by atoms with van der Waals surface area (Å²) in [5, 5.41) is 2.83. The smallest absolute Gasteiger partial charge is 0.232 e. The second-order valence-corrected chi connectivity index (χ2v) is 7.79. The van der Waals surface area contributed by atoms with Crippen LogP contribution in [0.25, 0.3) is 0 Å². The highest BCUT2D eigenvalue weighted by Gasteiger charge is 2.29. The van der Waals surface area contributed by atoms with Crippen LogP contribution in [-0.4, -0.2) is 26.6 Å². The number of sulfonamides is 1. The number of hydrogen-bond donors (Lipinski definition) is 2. The normalized spacial score (nSPS) is 16.7. The average Bonchev–Trinajstić information content (AvgIpc) is 2.90. The Morgan fingerprint density at radius 3 is 2.50 bits per heavy atom. The molecule has 1 heterocycles. The summed E-state index contributed by atoms with van der Waals surface area (Å²) in [6.45, 7) is 0.254. The van der Waals surface area contributed by atoms with E-state index in [2.05, 4.69) is 10.0 Å². The third-order valence-electron chi connectivity index (χ3n) is 4.17. The van der Waals surface area contributed by atoms with Crippen LogP contribution in [0, 0.1) is 0 Å². The van der Waals surface area contributed by atoms with Gasteiger partial charge in [-0.1, -0.05) is 48.5 Å². The topological polar surface area (TPSA) is 75.3 Å². The molecule has 1 atom stereocenters. The number of para-hydroxylation sites is 1. The quantitative estimate of drug-likeness (QED) is 0.809. The van der Waals surface area contributed by atoms with Crippen molar-refractivity contribution in [1.82, 2.24) is 4.72 Å². The molecule has 0 radical (unpaired) electrons. The van der Waals surface area contributed by atoms with Crippen molar-refractivity contribution in [1.29, 1.82) is 0 Å². The first-order valence-electron chi connectivity index (χ1n) is 7.96. The Labute approximate surface area is 142 Å². The zero-order valence-corrected chi connectivity index (χ0v) is 14.1. The van der Waals surface area contributed by atoms with Crippen molar-refractivity contribution in [2.24, 2.45) is 0 Å². The van der Waals surface area contributed by atoms with Gasteiger partial charge in [0.2, 0.25) is 15.9 Å². The summed E-state index contributed by atoms with van der Waals surface area (Å²) >= 11 is 0. The summed E-state index contributed by atoms with van der Waals surface area (Å²) < 4.78 is 26.8. The van der Waals surface area contributed by atoms with Gasteiger partial charge in [0.05, 0.1) is 11.7 Å². The highest BCUT2D eigenvalue weighted by atomic mass is 32.2. The number of rotatable bonds is 7. The second-order valence-electron chi connectivity index (χ2n) is 5.87. The van der Waals surface area contributed by atoms with Gasteiger partial charge < -0.3 is 5.32 Å². The molecule has 0 saturated heterocycles. The van der Waals surface area contributed by atoms with E-state index in [1.165, 1.54) is 0 Å². The number of nitrogens with one attached hydrogen (secondary N) is 2. The molecule has 2 aromatic carbocycles. The molecular weight excluding hydrogens is 324 g/mol. The maximum absolute atomic E-state index is 12.1. The van der Waals surface area contributed by atoms with Crippen LogP contribution in [0.2, 0.25) is 0 Å². The summed E-state index contributed by atoms with van der Waals surface area (Å²) in [5.41, 5.74) is 2.75. The molecule has 0 fully saturated rings. The monoisotopic (exact) mass is 344 g/mol. The van der Waals surface area contributed by atoms with Crippen LogP contribution in [0.1, 0.15) is 23.5 Å². The van der Waals surface area contributed by atoms with Crippen LogP contribution in [0.3, 0.4) is 0 Å². The number of carbonyl (C=O) groups is 1. The van der Waals surface area contributed by atoms with Gasteiger partial charge in [-0.15, -0.1) is 0 Å². The number of anilines is 1. The molecule has 1 amide bonds. The van der Waals surface area contributed by atoms with Gasteiger partial charge in [-0.2, -0.15) is 0 Å². The number of hydrogen-bond acceptors (Lipinski definition) is 3. The van der Waals surface area contributed by atoms with E-state index in [9.17, 15) is 13.2 Å². The van der Waals surface area contributed by atoms with Crippen LogP contribution in [0.4, 0.5) is 5.69 Å². The molecule has 1 aliphatic rings. The van der Waals surface area contributed by atoms with E-state index in [0.29, 0.717) is 12.8 Å². The third-order valence-corrected chi connectivity index (χ3v) is 5.55. The number of amides is 1. The Kier molecular flexibility index (Phi) is 4.97. The minimum Gasteiger partial charge on any atom is -0.325 e. The molecule has 1 unspecified atom stereocenters. The fourth-order valence-electron chi connectivity index (χ4n) is 2.89. The summed E-state index contributed by atoms with van der Waals surface area (Å²) in [4.78, 5) is 12.0. The Hall–Kier alpha value is -2.18. The Morgan fingerprint density at radius 2 is 1.71 bits per heavy atom. The predicted octanol–water partition coefficient (Wildman–Crippen LogP) is 2.27. The lowest BCUT2D eigenvalue weighted by Gasteiger charge is -2.10. The van der Waals surface area contributed by atoms with Crippen molar-refractivity contribution in [3.05, 3.63) is 65.7 Å². The minimum absolute atomic E-state index is 0.0461. The summed E-state index contributed by atoms with van der Waals surface area (Å²) in [5.74, 6) is -0.317. The Bertz CT molecular complexity index is 819. The van der Waals surface area contributed by atoms with Crippen LogP contribution in [0.15, 0.2) is 54.6 Å². The molecule has 2 aromatic rings. The molecule has 0 aliphatic carbocycles. The number of benzene rings is 2. The highest BCUT2D eigenvalue weighted by Crippen LogP contribution is 2.33. The molecule has 126 valence electrons. The lowest BCUT2D eigenvalue weighted by atomic mass is 9.97. The summed E-state index contributed by atoms with van der Waals surface area (Å²) in [7, 11) is -3.35. The van der Waals surface area contributed by atoms with E-state index < -0.39 is 10.0 Å². The predicted molar refractivity (Wildman–Crippen MR) is 94.4 cm³/mol. The molecule has 6 heteroatoms. The summed E-state index contributed by atoms with van der Waals surface area (Å²) in [6, 6.07) is 17.0. The first-order chi connectivity index (χ1) is 11.6. The molecular formula is C18H20N2O3S. The van der Waals surface area contributed by atoms with Crippen LogP contribution in [0.5, 0.6) is 0 Å². The van der Waals surface area contributed by atoms with Crippen molar-refractivity contribution in [2.45, 2.75) is 18.8 Å². The maximum Gasteiger partial charge on any atom is 0.232 e. The van der Waals surface area contributed by atoms with E-state index in [4.69, 9.17) is 0 Å². The van der Waals surface area contributed by atoms with E-state index >= 15 is 0 Å². The largest absolute Gasteiger partial charge is 0.325 e. The van der Waals surface area contributed by atoms with Gasteiger partial charge in [0, 0.05) is 12.2 Å². The molecule has 2 N–H and O–H groups in total. The van der Waals surface area contributed by atoms with Crippen molar-refractivity contribution in [3.8, 4) is 0 Å². The molecule has 0 spiro atoms. The maximum atomic E-state index is 12.1. The van der Waals surface area contributed by atoms with Crippen molar-refractivity contribution in [2.75, 3.05) is 17.6 Å². The van der Waals surface area contributed by atoms with Gasteiger partial charge in [0.25, 0.3) is 0 Å². The zero-order valence-electron chi connectivity index (χ0n) is 13.2.